The molecular weight excluding hydrogens is 302 g/mol. The van der Waals surface area contributed by atoms with Gasteiger partial charge in [-0.15, -0.1) is 0 Å². The van der Waals surface area contributed by atoms with Crippen molar-refractivity contribution in [2.24, 2.45) is 0 Å². The first-order valence-corrected chi connectivity index (χ1v) is 8.63. The van der Waals surface area contributed by atoms with Crippen molar-refractivity contribution < 1.29 is 13.5 Å². The van der Waals surface area contributed by atoms with Gasteiger partial charge >= 0.3 is 0 Å². The minimum Gasteiger partial charge on any atom is -0.351 e. The zero-order valence-corrected chi connectivity index (χ0v) is 13.3. The molecule has 118 valence electrons. The number of aryl methyl sites for hydroxylation is 1. The smallest absolute Gasteiger partial charge is 0.239 e. The Morgan fingerprint density at radius 2 is 2.09 bits per heavy atom. The molecule has 0 radical (unpaired) electrons. The van der Waals surface area contributed by atoms with Crippen molar-refractivity contribution in [3.8, 4) is 0 Å². The number of carbonyl (C=O) groups is 1. The molecule has 22 heavy (non-hydrogen) atoms. The highest BCUT2D eigenvalue weighted by atomic mass is 32.2. The van der Waals surface area contributed by atoms with Crippen LogP contribution in [-0.4, -0.2) is 26.0 Å². The summed E-state index contributed by atoms with van der Waals surface area (Å²) in [6.45, 7) is 2.45. The predicted molar refractivity (Wildman–Crippen MR) is 83.3 cm³/mol. The predicted octanol–water partition coefficient (Wildman–Crippen LogP) is 1.59. The van der Waals surface area contributed by atoms with Crippen molar-refractivity contribution >= 4 is 16.7 Å². The Bertz CT molecular complexity index is 628. The molecule has 1 aromatic heterocycles. The maximum Gasteiger partial charge on any atom is 0.239 e. The molecule has 6 nitrogen and oxygen atoms in total. The quantitative estimate of drug-likeness (QED) is 0.798. The van der Waals surface area contributed by atoms with Crippen LogP contribution in [0.25, 0.3) is 0 Å². The van der Waals surface area contributed by atoms with Crippen LogP contribution in [0.15, 0.2) is 34.9 Å². The summed E-state index contributed by atoms with van der Waals surface area (Å²) in [5.74, 6) is 0.713. The van der Waals surface area contributed by atoms with Crippen molar-refractivity contribution in [3.63, 3.8) is 0 Å². The molecule has 1 amide bonds. The third kappa shape index (κ3) is 5.40. The Kier molecular flexibility index (Phi) is 6.27. The SMILES string of the molecule is CCCc1noc(C[S@@](=O)CC(=O)NCc2ccccc2)n1. The minimum atomic E-state index is -1.36. The number of amides is 1. The van der Waals surface area contributed by atoms with Crippen LogP contribution in [-0.2, 0) is 34.3 Å². The van der Waals surface area contributed by atoms with E-state index >= 15 is 0 Å². The summed E-state index contributed by atoms with van der Waals surface area (Å²) in [7, 11) is -1.36. The first-order chi connectivity index (χ1) is 10.7. The zero-order chi connectivity index (χ0) is 15.8. The van der Waals surface area contributed by atoms with Crippen LogP contribution in [0.3, 0.4) is 0 Å². The monoisotopic (exact) mass is 321 g/mol. The lowest BCUT2D eigenvalue weighted by Crippen LogP contribution is -2.28. The van der Waals surface area contributed by atoms with Gasteiger partial charge in [0.05, 0.1) is 0 Å². The molecule has 0 saturated heterocycles. The largest absolute Gasteiger partial charge is 0.351 e. The highest BCUT2D eigenvalue weighted by Crippen LogP contribution is 2.04. The van der Waals surface area contributed by atoms with Gasteiger partial charge in [0.1, 0.15) is 11.5 Å². The topological polar surface area (TPSA) is 85.1 Å². The van der Waals surface area contributed by atoms with Crippen LogP contribution in [0.4, 0.5) is 0 Å². The number of benzene rings is 1. The van der Waals surface area contributed by atoms with E-state index in [4.69, 9.17) is 4.52 Å². The zero-order valence-electron chi connectivity index (χ0n) is 12.4. The Morgan fingerprint density at radius 3 is 2.82 bits per heavy atom. The number of rotatable bonds is 8. The molecule has 0 bridgehead atoms. The highest BCUT2D eigenvalue weighted by molar-refractivity contribution is 7.84. The maximum absolute atomic E-state index is 11.9. The Hall–Kier alpha value is -2.02. The molecule has 1 aromatic carbocycles. The second-order valence-electron chi connectivity index (χ2n) is 4.85. The lowest BCUT2D eigenvalue weighted by Gasteiger charge is -2.04. The van der Waals surface area contributed by atoms with Crippen molar-refractivity contribution in [1.82, 2.24) is 15.5 Å². The number of hydrogen-bond acceptors (Lipinski definition) is 5. The summed E-state index contributed by atoms with van der Waals surface area (Å²) in [4.78, 5) is 15.9. The van der Waals surface area contributed by atoms with Gasteiger partial charge in [-0.05, 0) is 12.0 Å². The highest BCUT2D eigenvalue weighted by Gasteiger charge is 2.13. The van der Waals surface area contributed by atoms with E-state index in [0.29, 0.717) is 18.3 Å². The van der Waals surface area contributed by atoms with E-state index < -0.39 is 10.8 Å². The van der Waals surface area contributed by atoms with Gasteiger partial charge in [-0.1, -0.05) is 42.4 Å². The third-order valence-corrected chi connectivity index (χ3v) is 4.05. The standard InChI is InChI=1S/C15H19N3O3S/c1-2-6-13-17-15(21-18-13)11-22(20)10-14(19)16-9-12-7-4-3-5-8-12/h3-5,7-8H,2,6,9-11H2,1H3,(H,16,19)/t22-/m0/s1. The van der Waals surface area contributed by atoms with E-state index in [1.165, 1.54) is 0 Å². The fourth-order valence-corrected chi connectivity index (χ4v) is 2.75. The average Bonchev–Trinajstić information content (AvgIpc) is 2.93. The second-order valence-corrected chi connectivity index (χ2v) is 6.30. The average molecular weight is 321 g/mol. The van der Waals surface area contributed by atoms with Gasteiger partial charge in [0, 0.05) is 23.8 Å². The molecule has 2 rings (SSSR count). The summed E-state index contributed by atoms with van der Waals surface area (Å²) in [5, 5.41) is 6.54. The van der Waals surface area contributed by atoms with E-state index in [2.05, 4.69) is 15.5 Å². The third-order valence-electron chi connectivity index (χ3n) is 2.89. The van der Waals surface area contributed by atoms with Gasteiger partial charge < -0.3 is 9.84 Å². The van der Waals surface area contributed by atoms with Crippen LogP contribution < -0.4 is 5.32 Å². The Morgan fingerprint density at radius 1 is 1.32 bits per heavy atom. The molecule has 0 unspecified atom stereocenters. The molecule has 0 saturated carbocycles. The number of nitrogens with zero attached hydrogens (tertiary/aromatic N) is 2. The lowest BCUT2D eigenvalue weighted by molar-refractivity contribution is -0.118. The van der Waals surface area contributed by atoms with Crippen molar-refractivity contribution in [2.75, 3.05) is 5.75 Å². The van der Waals surface area contributed by atoms with Crippen LogP contribution >= 0.6 is 0 Å². The van der Waals surface area contributed by atoms with Crippen molar-refractivity contribution in [2.45, 2.75) is 32.1 Å². The second kappa shape index (κ2) is 8.43. The first kappa shape index (κ1) is 16.4. The van der Waals surface area contributed by atoms with Gasteiger partial charge in [0.2, 0.25) is 11.8 Å². The van der Waals surface area contributed by atoms with Crippen LogP contribution in [0, 0.1) is 0 Å². The number of carbonyl (C=O) groups excluding carboxylic acids is 1. The summed E-state index contributed by atoms with van der Waals surface area (Å²) >= 11 is 0. The summed E-state index contributed by atoms with van der Waals surface area (Å²) in [6, 6.07) is 9.57. The minimum absolute atomic E-state index is 0.0711. The molecule has 1 atom stereocenters. The molecule has 0 aliphatic heterocycles. The summed E-state index contributed by atoms with van der Waals surface area (Å²) in [5.41, 5.74) is 1.00. The molecule has 2 aromatic rings. The Balaban J connectivity index is 1.75. The number of nitrogens with one attached hydrogen (secondary N) is 1. The number of aromatic nitrogens is 2. The molecule has 0 aliphatic carbocycles. The number of hydrogen-bond donors (Lipinski definition) is 1. The van der Waals surface area contributed by atoms with E-state index in [9.17, 15) is 9.00 Å². The van der Waals surface area contributed by atoms with Crippen LogP contribution in [0.5, 0.6) is 0 Å². The molecule has 0 spiro atoms. The molecule has 1 N–H and O–H groups in total. The summed E-state index contributed by atoms with van der Waals surface area (Å²) < 4.78 is 16.9. The molecule has 0 fully saturated rings. The van der Waals surface area contributed by atoms with Crippen LogP contribution in [0.2, 0.25) is 0 Å². The van der Waals surface area contributed by atoms with Crippen molar-refractivity contribution in [1.29, 1.82) is 0 Å². The van der Waals surface area contributed by atoms with Gasteiger partial charge in [0.25, 0.3) is 0 Å². The van der Waals surface area contributed by atoms with Gasteiger partial charge in [-0.3, -0.25) is 9.00 Å². The van der Waals surface area contributed by atoms with E-state index in [1.807, 2.05) is 37.3 Å². The van der Waals surface area contributed by atoms with E-state index in [1.54, 1.807) is 0 Å². The fraction of sp³-hybridized carbons (Fsp3) is 0.400. The molecule has 0 aliphatic rings. The molecule has 7 heteroatoms. The fourth-order valence-electron chi connectivity index (χ4n) is 1.86. The normalized spacial score (nSPS) is 12.0. The van der Waals surface area contributed by atoms with Gasteiger partial charge in [-0.2, -0.15) is 4.98 Å². The lowest BCUT2D eigenvalue weighted by atomic mass is 10.2. The van der Waals surface area contributed by atoms with Crippen molar-refractivity contribution in [3.05, 3.63) is 47.6 Å². The first-order valence-electron chi connectivity index (χ1n) is 7.14. The van der Waals surface area contributed by atoms with E-state index in [0.717, 1.165) is 18.4 Å². The van der Waals surface area contributed by atoms with Crippen LogP contribution in [0.1, 0.15) is 30.6 Å². The molecular formula is C15H19N3O3S. The maximum atomic E-state index is 11.9. The molecule has 1 heterocycles. The van der Waals surface area contributed by atoms with E-state index in [-0.39, 0.29) is 17.4 Å². The summed E-state index contributed by atoms with van der Waals surface area (Å²) in [6.07, 6.45) is 1.65. The Labute approximate surface area is 131 Å². The van der Waals surface area contributed by atoms with Gasteiger partial charge in [-0.25, -0.2) is 0 Å². The van der Waals surface area contributed by atoms with Gasteiger partial charge in [0.15, 0.2) is 5.82 Å².